The van der Waals surface area contributed by atoms with Gasteiger partial charge >= 0.3 is 0 Å². The molecular weight excluding hydrogens is 325 g/mol. The lowest BCUT2D eigenvalue weighted by Crippen LogP contribution is -2.28. The van der Waals surface area contributed by atoms with Crippen molar-refractivity contribution in [3.05, 3.63) is 47.5 Å². The number of Topliss-reactive ketones (excluding diaryl/α,β-unsaturated/α-hetero) is 1. The molecule has 0 aliphatic rings. The summed E-state index contributed by atoms with van der Waals surface area (Å²) in [4.78, 5) is 24.2. The number of carbonyl (C=O) groups excluding carboxylic acids is 2. The summed E-state index contributed by atoms with van der Waals surface area (Å²) >= 11 is 0. The Bertz CT molecular complexity index is 832. The van der Waals surface area contributed by atoms with Gasteiger partial charge in [-0.15, -0.1) is 5.10 Å². The van der Waals surface area contributed by atoms with Gasteiger partial charge in [-0.1, -0.05) is 44.2 Å². The Morgan fingerprint density at radius 3 is 2.64 bits per heavy atom. The Kier molecular flexibility index (Phi) is 5.27. The maximum atomic E-state index is 13.8. The van der Waals surface area contributed by atoms with Gasteiger partial charge in [0, 0.05) is 11.0 Å². The molecule has 130 valence electrons. The largest absolute Gasteiger partial charge is 0.331 e. The van der Waals surface area contributed by atoms with Crippen LogP contribution in [0.4, 0.5) is 4.39 Å². The third-order valence-corrected chi connectivity index (χ3v) is 3.53. The first-order valence-electron chi connectivity index (χ1n) is 7.60. The highest BCUT2D eigenvalue weighted by Gasteiger charge is 2.23. The lowest BCUT2D eigenvalue weighted by molar-refractivity contribution is -0.127. The third kappa shape index (κ3) is 4.47. The van der Waals surface area contributed by atoms with Gasteiger partial charge in [-0.2, -0.15) is 5.26 Å². The van der Waals surface area contributed by atoms with Crippen LogP contribution in [0.1, 0.15) is 42.9 Å². The molecule has 1 amide bonds. The molecule has 8 heteroatoms. The van der Waals surface area contributed by atoms with Crippen LogP contribution in [0.5, 0.6) is 0 Å². The van der Waals surface area contributed by atoms with Crippen LogP contribution in [-0.4, -0.2) is 26.7 Å². The molecule has 0 unspecified atom stereocenters. The second kappa shape index (κ2) is 7.21. The van der Waals surface area contributed by atoms with Gasteiger partial charge in [-0.05, 0) is 6.07 Å². The Hall–Kier alpha value is -3.08. The third-order valence-electron chi connectivity index (χ3n) is 3.53. The highest BCUT2D eigenvalue weighted by atomic mass is 19.1. The lowest BCUT2D eigenvalue weighted by atomic mass is 9.91. The molecule has 2 aromatic rings. The number of nitrogens with one attached hydrogen (secondary N) is 1. The fourth-order valence-electron chi connectivity index (χ4n) is 1.96. The van der Waals surface area contributed by atoms with Crippen molar-refractivity contribution < 1.29 is 14.0 Å². The number of amides is 1. The molecule has 0 fully saturated rings. The maximum absolute atomic E-state index is 13.8. The monoisotopic (exact) mass is 343 g/mol. The van der Waals surface area contributed by atoms with Crippen molar-refractivity contribution in [1.29, 1.82) is 5.26 Å². The van der Waals surface area contributed by atoms with Crippen LogP contribution in [0.15, 0.2) is 30.5 Å². The molecule has 7 nitrogen and oxygen atoms in total. The Labute approximate surface area is 144 Å². The summed E-state index contributed by atoms with van der Waals surface area (Å²) in [6.45, 7) is 5.34. The smallest absolute Gasteiger partial charge is 0.274 e. The highest BCUT2D eigenvalue weighted by molar-refractivity contribution is 5.92. The van der Waals surface area contributed by atoms with E-state index < -0.39 is 23.2 Å². The van der Waals surface area contributed by atoms with E-state index in [9.17, 15) is 19.2 Å². The van der Waals surface area contributed by atoms with Crippen molar-refractivity contribution in [2.75, 3.05) is 0 Å². The van der Waals surface area contributed by atoms with E-state index in [1.165, 1.54) is 29.1 Å². The number of rotatable bonds is 5. The Morgan fingerprint density at radius 2 is 2.04 bits per heavy atom. The van der Waals surface area contributed by atoms with E-state index in [2.05, 4.69) is 15.6 Å². The van der Waals surface area contributed by atoms with Crippen molar-refractivity contribution in [2.24, 2.45) is 5.41 Å². The number of hydrogen-bond donors (Lipinski definition) is 1. The number of hydrogen-bond acceptors (Lipinski definition) is 5. The van der Waals surface area contributed by atoms with Crippen molar-refractivity contribution in [2.45, 2.75) is 33.4 Å². The predicted octanol–water partition coefficient (Wildman–Crippen LogP) is 2.03. The van der Waals surface area contributed by atoms with Crippen molar-refractivity contribution in [3.8, 4) is 6.07 Å². The van der Waals surface area contributed by atoms with Gasteiger partial charge < -0.3 is 5.32 Å². The van der Waals surface area contributed by atoms with E-state index >= 15 is 0 Å². The Balaban J connectivity index is 2.10. The van der Waals surface area contributed by atoms with Crippen LogP contribution in [-0.2, 0) is 11.3 Å². The van der Waals surface area contributed by atoms with Gasteiger partial charge in [0.15, 0.2) is 11.5 Å². The molecule has 25 heavy (non-hydrogen) atoms. The molecule has 0 aliphatic carbocycles. The van der Waals surface area contributed by atoms with E-state index in [-0.39, 0.29) is 23.6 Å². The minimum Gasteiger partial charge on any atom is -0.331 e. The topological polar surface area (TPSA) is 101 Å². The molecule has 1 atom stereocenters. The first-order valence-corrected chi connectivity index (χ1v) is 7.60. The standard InChI is InChI=1S/C17H18FN5O2/c1-17(2,3)15(24)10-23-9-14(21-22-23)16(25)20-13(8-19)11-6-4-5-7-12(11)18/h4-7,9,13H,10H2,1-3H3,(H,20,25)/t13-/m1/s1. The average molecular weight is 343 g/mol. The highest BCUT2D eigenvalue weighted by Crippen LogP contribution is 2.17. The van der Waals surface area contributed by atoms with Crippen LogP contribution in [0, 0.1) is 22.6 Å². The summed E-state index contributed by atoms with van der Waals surface area (Å²) in [5, 5.41) is 19.0. The van der Waals surface area contributed by atoms with Crippen LogP contribution in [0.25, 0.3) is 0 Å². The molecule has 0 bridgehead atoms. The molecular formula is C17H18FN5O2. The first-order chi connectivity index (χ1) is 11.7. The van der Waals surface area contributed by atoms with E-state index in [0.29, 0.717) is 0 Å². The van der Waals surface area contributed by atoms with Gasteiger partial charge in [0.25, 0.3) is 5.91 Å². The normalized spacial score (nSPS) is 12.3. The van der Waals surface area contributed by atoms with Crippen molar-refractivity contribution >= 4 is 11.7 Å². The number of carbonyl (C=O) groups is 2. The van der Waals surface area contributed by atoms with Crippen molar-refractivity contribution in [3.63, 3.8) is 0 Å². The number of benzene rings is 1. The fourth-order valence-corrected chi connectivity index (χ4v) is 1.96. The summed E-state index contributed by atoms with van der Waals surface area (Å²) < 4.78 is 15.0. The van der Waals surface area contributed by atoms with Gasteiger partial charge in [0.2, 0.25) is 0 Å². The summed E-state index contributed by atoms with van der Waals surface area (Å²) in [5.41, 5.74) is -0.530. The van der Waals surface area contributed by atoms with E-state index in [1.54, 1.807) is 26.8 Å². The SMILES string of the molecule is CC(C)(C)C(=O)Cn1cc(C(=O)N[C@H](C#N)c2ccccc2F)nn1. The summed E-state index contributed by atoms with van der Waals surface area (Å²) in [6.07, 6.45) is 1.31. The van der Waals surface area contributed by atoms with E-state index in [0.717, 1.165) is 0 Å². The van der Waals surface area contributed by atoms with Gasteiger partial charge in [-0.3, -0.25) is 9.59 Å². The van der Waals surface area contributed by atoms with E-state index in [4.69, 9.17) is 0 Å². The summed E-state index contributed by atoms with van der Waals surface area (Å²) in [6, 6.07) is 6.37. The molecule has 1 heterocycles. The maximum Gasteiger partial charge on any atom is 0.274 e. The second-order valence-electron chi connectivity index (χ2n) is 6.53. The van der Waals surface area contributed by atoms with Crippen LogP contribution in [0.2, 0.25) is 0 Å². The molecule has 1 N–H and O–H groups in total. The molecule has 0 saturated carbocycles. The molecule has 0 radical (unpaired) electrons. The van der Waals surface area contributed by atoms with Gasteiger partial charge in [0.05, 0.1) is 12.3 Å². The number of ketones is 1. The van der Waals surface area contributed by atoms with Gasteiger partial charge in [0.1, 0.15) is 18.4 Å². The Morgan fingerprint density at radius 1 is 1.36 bits per heavy atom. The zero-order valence-corrected chi connectivity index (χ0v) is 14.2. The number of aromatic nitrogens is 3. The zero-order chi connectivity index (χ0) is 18.6. The number of nitriles is 1. The van der Waals surface area contributed by atoms with Crippen LogP contribution < -0.4 is 5.32 Å². The van der Waals surface area contributed by atoms with Crippen LogP contribution >= 0.6 is 0 Å². The second-order valence-corrected chi connectivity index (χ2v) is 6.53. The number of nitrogens with zero attached hydrogens (tertiary/aromatic N) is 4. The zero-order valence-electron chi connectivity index (χ0n) is 14.2. The van der Waals surface area contributed by atoms with E-state index in [1.807, 2.05) is 6.07 Å². The molecule has 0 aliphatic heterocycles. The fraction of sp³-hybridized carbons (Fsp3) is 0.353. The van der Waals surface area contributed by atoms with Crippen LogP contribution in [0.3, 0.4) is 0 Å². The average Bonchev–Trinajstić information content (AvgIpc) is 3.01. The molecule has 1 aromatic carbocycles. The van der Waals surface area contributed by atoms with Crippen molar-refractivity contribution in [1.82, 2.24) is 20.3 Å². The summed E-state index contributed by atoms with van der Waals surface area (Å²) in [7, 11) is 0. The molecule has 1 aromatic heterocycles. The minimum atomic E-state index is -1.16. The summed E-state index contributed by atoms with van der Waals surface area (Å²) in [5.74, 6) is -1.33. The first kappa shape index (κ1) is 18.3. The molecule has 0 saturated heterocycles. The quantitative estimate of drug-likeness (QED) is 0.895. The number of halogens is 1. The minimum absolute atomic E-state index is 0.0151. The lowest BCUT2D eigenvalue weighted by Gasteiger charge is -2.15. The molecule has 0 spiro atoms. The molecule has 2 rings (SSSR count). The predicted molar refractivity (Wildman–Crippen MR) is 86.7 cm³/mol. The van der Waals surface area contributed by atoms with Gasteiger partial charge in [-0.25, -0.2) is 9.07 Å².